The third kappa shape index (κ3) is 4.18. The van der Waals surface area contributed by atoms with Gasteiger partial charge in [0.05, 0.1) is 5.75 Å². The quantitative estimate of drug-likeness (QED) is 0.603. The third-order valence-corrected chi connectivity index (χ3v) is 3.34. The van der Waals surface area contributed by atoms with E-state index in [1.54, 1.807) is 19.1 Å². The second-order valence-corrected chi connectivity index (χ2v) is 5.43. The van der Waals surface area contributed by atoms with Crippen LogP contribution in [0.15, 0.2) is 29.4 Å². The molecule has 0 N–H and O–H groups in total. The summed E-state index contributed by atoms with van der Waals surface area (Å²) in [7, 11) is -3.69. The van der Waals surface area contributed by atoms with Gasteiger partial charge in [-0.05, 0) is 13.3 Å². The summed E-state index contributed by atoms with van der Waals surface area (Å²) < 4.78 is 27.0. The van der Waals surface area contributed by atoms with Gasteiger partial charge in [0.2, 0.25) is 0 Å². The van der Waals surface area contributed by atoms with Crippen molar-refractivity contribution in [2.45, 2.75) is 20.3 Å². The summed E-state index contributed by atoms with van der Waals surface area (Å²) in [6.45, 7) is 3.63. The second-order valence-electron chi connectivity index (χ2n) is 3.75. The molecule has 0 atom stereocenters. The van der Waals surface area contributed by atoms with Crippen LogP contribution >= 0.6 is 0 Å². The molecule has 0 spiro atoms. The average molecular weight is 266 g/mol. The zero-order chi connectivity index (χ0) is 13.6. The summed E-state index contributed by atoms with van der Waals surface area (Å²) in [5, 5.41) is 12.3. The van der Waals surface area contributed by atoms with Gasteiger partial charge in [0.15, 0.2) is 5.71 Å². The first-order valence-electron chi connectivity index (χ1n) is 5.45. The largest absolute Gasteiger partial charge is 0.328 e. The predicted octanol–water partition coefficient (Wildman–Crippen LogP) is 1.98. The van der Waals surface area contributed by atoms with Gasteiger partial charge in [0.1, 0.15) is 6.07 Å². The highest BCUT2D eigenvalue weighted by atomic mass is 32.2. The zero-order valence-electron chi connectivity index (χ0n) is 10.3. The van der Waals surface area contributed by atoms with E-state index in [1.165, 1.54) is 0 Å². The van der Waals surface area contributed by atoms with Crippen molar-refractivity contribution in [3.8, 4) is 6.07 Å². The number of hydrogen-bond donors (Lipinski definition) is 0. The summed E-state index contributed by atoms with van der Waals surface area (Å²) in [5.74, 6) is -0.122. The summed E-state index contributed by atoms with van der Waals surface area (Å²) in [6, 6.07) is 8.80. The van der Waals surface area contributed by atoms with E-state index in [2.05, 4.69) is 9.44 Å². The maximum Gasteiger partial charge on any atom is 0.328 e. The number of benzene rings is 1. The minimum absolute atomic E-state index is 0.0605. The zero-order valence-corrected chi connectivity index (χ0v) is 11.1. The third-order valence-electron chi connectivity index (χ3n) is 2.13. The first kappa shape index (κ1) is 14.2. The molecule has 18 heavy (non-hydrogen) atoms. The molecule has 1 rings (SSSR count). The first-order chi connectivity index (χ1) is 8.48. The van der Waals surface area contributed by atoms with E-state index in [0.717, 1.165) is 5.56 Å². The molecule has 6 heteroatoms. The van der Waals surface area contributed by atoms with E-state index >= 15 is 0 Å². The van der Waals surface area contributed by atoms with Gasteiger partial charge in [-0.1, -0.05) is 41.9 Å². The lowest BCUT2D eigenvalue weighted by atomic mass is 10.1. The average Bonchev–Trinajstić information content (AvgIpc) is 2.32. The molecule has 0 saturated heterocycles. The Morgan fingerprint density at radius 1 is 1.39 bits per heavy atom. The molecule has 0 unspecified atom stereocenters. The van der Waals surface area contributed by atoms with Crippen molar-refractivity contribution in [2.75, 3.05) is 5.75 Å². The van der Waals surface area contributed by atoms with Gasteiger partial charge >= 0.3 is 10.1 Å². The van der Waals surface area contributed by atoms with Crippen molar-refractivity contribution in [3.05, 3.63) is 35.4 Å². The standard InChI is InChI=1S/C12H14N2O3S/c1-3-8-18(15,16)17-14-12(9-13)11-6-4-10(2)5-7-11/h4-7H,3,8H2,1-2H3/b14-12-. The van der Waals surface area contributed by atoms with Crippen molar-refractivity contribution in [1.82, 2.24) is 0 Å². The number of hydrogen-bond acceptors (Lipinski definition) is 5. The van der Waals surface area contributed by atoms with Gasteiger partial charge < -0.3 is 0 Å². The molecule has 0 aromatic heterocycles. The Morgan fingerprint density at radius 2 is 2.00 bits per heavy atom. The van der Waals surface area contributed by atoms with Gasteiger partial charge in [-0.15, -0.1) is 0 Å². The molecule has 0 heterocycles. The van der Waals surface area contributed by atoms with Crippen LogP contribution in [-0.2, 0) is 14.4 Å². The molecule has 1 aromatic rings. The van der Waals surface area contributed by atoms with E-state index < -0.39 is 10.1 Å². The van der Waals surface area contributed by atoms with Crippen molar-refractivity contribution < 1.29 is 12.7 Å². The Morgan fingerprint density at radius 3 is 2.50 bits per heavy atom. The van der Waals surface area contributed by atoms with E-state index in [9.17, 15) is 8.42 Å². The van der Waals surface area contributed by atoms with Crippen molar-refractivity contribution in [2.24, 2.45) is 5.16 Å². The normalized spacial score (nSPS) is 11.9. The lowest BCUT2D eigenvalue weighted by Gasteiger charge is -2.01. The summed E-state index contributed by atoms with van der Waals surface area (Å²) in [5.41, 5.74) is 1.50. The van der Waals surface area contributed by atoms with Crippen LogP contribution in [0.25, 0.3) is 0 Å². The molecule has 0 saturated carbocycles. The maximum absolute atomic E-state index is 11.3. The van der Waals surface area contributed by atoms with E-state index in [1.807, 2.05) is 25.1 Å². The highest BCUT2D eigenvalue weighted by Crippen LogP contribution is 2.06. The molecule has 5 nitrogen and oxygen atoms in total. The summed E-state index contributed by atoms with van der Waals surface area (Å²) in [6.07, 6.45) is 0.435. The predicted molar refractivity (Wildman–Crippen MR) is 68.5 cm³/mol. The number of aryl methyl sites for hydroxylation is 1. The van der Waals surface area contributed by atoms with Crippen molar-refractivity contribution in [1.29, 1.82) is 5.26 Å². The fourth-order valence-corrected chi connectivity index (χ4v) is 1.99. The van der Waals surface area contributed by atoms with Crippen LogP contribution in [0.2, 0.25) is 0 Å². The number of nitriles is 1. The van der Waals surface area contributed by atoms with Crippen LogP contribution < -0.4 is 0 Å². The fraction of sp³-hybridized carbons (Fsp3) is 0.333. The first-order valence-corrected chi connectivity index (χ1v) is 7.02. The molecule has 0 bridgehead atoms. The van der Waals surface area contributed by atoms with Crippen molar-refractivity contribution in [3.63, 3.8) is 0 Å². The van der Waals surface area contributed by atoms with Crippen LogP contribution in [0.5, 0.6) is 0 Å². The van der Waals surface area contributed by atoms with Crippen LogP contribution in [0.3, 0.4) is 0 Å². The smallest absolute Gasteiger partial charge is 0.267 e. The lowest BCUT2D eigenvalue weighted by Crippen LogP contribution is -2.08. The second kappa shape index (κ2) is 6.17. The van der Waals surface area contributed by atoms with Crippen LogP contribution in [0.4, 0.5) is 0 Å². The Bertz CT molecular complexity index is 568. The molecule has 0 fully saturated rings. The molecule has 0 aliphatic rings. The highest BCUT2D eigenvalue weighted by Gasteiger charge is 2.11. The SMILES string of the molecule is CCCS(=O)(=O)O/N=C(/C#N)c1ccc(C)cc1. The Balaban J connectivity index is 2.92. The molecule has 1 aromatic carbocycles. The van der Waals surface area contributed by atoms with Crippen LogP contribution in [0, 0.1) is 18.3 Å². The van der Waals surface area contributed by atoms with Gasteiger partial charge in [-0.25, -0.2) is 0 Å². The Hall–Kier alpha value is -1.87. The fourth-order valence-electron chi connectivity index (χ4n) is 1.23. The molecule has 0 aliphatic heterocycles. The Labute approximate surface area is 107 Å². The minimum Gasteiger partial charge on any atom is -0.267 e. The van der Waals surface area contributed by atoms with Crippen molar-refractivity contribution >= 4 is 15.8 Å². The molecule has 96 valence electrons. The topological polar surface area (TPSA) is 79.5 Å². The summed E-state index contributed by atoms with van der Waals surface area (Å²) in [4.78, 5) is 0. The monoisotopic (exact) mass is 266 g/mol. The molecule has 0 aliphatic carbocycles. The summed E-state index contributed by atoms with van der Waals surface area (Å²) >= 11 is 0. The molecular formula is C12H14N2O3S. The lowest BCUT2D eigenvalue weighted by molar-refractivity contribution is 0.339. The van der Waals surface area contributed by atoms with Crippen LogP contribution in [0.1, 0.15) is 24.5 Å². The van der Waals surface area contributed by atoms with Gasteiger partial charge in [-0.3, -0.25) is 4.28 Å². The number of oxime groups is 1. The minimum atomic E-state index is -3.69. The van der Waals surface area contributed by atoms with Gasteiger partial charge in [0, 0.05) is 5.56 Å². The number of nitrogens with zero attached hydrogens (tertiary/aromatic N) is 2. The maximum atomic E-state index is 11.3. The van der Waals surface area contributed by atoms with Crippen LogP contribution in [-0.4, -0.2) is 19.9 Å². The van der Waals surface area contributed by atoms with Gasteiger partial charge in [0.25, 0.3) is 0 Å². The molecule has 0 radical (unpaired) electrons. The molecule has 0 amide bonds. The van der Waals surface area contributed by atoms with E-state index in [0.29, 0.717) is 12.0 Å². The van der Waals surface area contributed by atoms with E-state index in [4.69, 9.17) is 5.26 Å². The highest BCUT2D eigenvalue weighted by molar-refractivity contribution is 7.86. The number of rotatable bonds is 5. The Kier molecular flexibility index (Phi) is 4.86. The van der Waals surface area contributed by atoms with E-state index in [-0.39, 0.29) is 11.5 Å². The molecular weight excluding hydrogens is 252 g/mol. The van der Waals surface area contributed by atoms with Gasteiger partial charge in [-0.2, -0.15) is 13.7 Å².